The Morgan fingerprint density at radius 1 is 1.57 bits per heavy atom. The number of halogens is 2. The van der Waals surface area contributed by atoms with Gasteiger partial charge in [0.2, 0.25) is 0 Å². The largest absolute Gasteiger partial charge is 0.207 e. The molecule has 1 nitrogen and oxygen atoms in total. The first-order valence-corrected chi connectivity index (χ1v) is 4.52. The summed E-state index contributed by atoms with van der Waals surface area (Å²) in [5.74, 6) is -0.313. The number of nitrogens with zero attached hydrogens (tertiary/aromatic N) is 1. The number of hydrogen-bond donors (Lipinski definition) is 0. The van der Waals surface area contributed by atoms with E-state index in [1.165, 1.54) is 6.07 Å². The lowest BCUT2D eigenvalue weighted by Crippen LogP contribution is -1.86. The highest BCUT2D eigenvalue weighted by Crippen LogP contribution is 2.24. The van der Waals surface area contributed by atoms with Crippen molar-refractivity contribution in [2.24, 2.45) is 0 Å². The second kappa shape index (κ2) is 4.78. The summed E-state index contributed by atoms with van der Waals surface area (Å²) in [7, 11) is 0. The highest BCUT2D eigenvalue weighted by atomic mass is 35.5. The Hall–Kier alpha value is -1.33. The average Bonchev–Trinajstić information content (AvgIpc) is 2.18. The molecule has 0 atom stereocenters. The van der Waals surface area contributed by atoms with Crippen LogP contribution in [0.1, 0.15) is 17.5 Å². The molecule has 0 N–H and O–H groups in total. The first-order chi connectivity index (χ1) is 6.66. The standard InChI is InChI=1S/C11H9ClFN/c1-8-10(13)6-5-9(11(8)12)4-2-3-7-14/h2,4-6H,3H2,1H3. The van der Waals surface area contributed by atoms with E-state index in [4.69, 9.17) is 16.9 Å². The third-order valence-electron chi connectivity index (χ3n) is 1.86. The molecule has 1 rings (SSSR count). The van der Waals surface area contributed by atoms with Crippen LogP contribution in [-0.2, 0) is 0 Å². The van der Waals surface area contributed by atoms with Crippen LogP contribution >= 0.6 is 11.6 Å². The van der Waals surface area contributed by atoms with Crippen LogP contribution in [0.15, 0.2) is 18.2 Å². The Bertz CT molecular complexity index is 404. The lowest BCUT2D eigenvalue weighted by Gasteiger charge is -2.02. The molecule has 0 fully saturated rings. The normalized spacial score (nSPS) is 10.4. The molecule has 0 aliphatic heterocycles. The van der Waals surface area contributed by atoms with E-state index in [1.807, 2.05) is 6.07 Å². The lowest BCUT2D eigenvalue weighted by atomic mass is 10.1. The summed E-state index contributed by atoms with van der Waals surface area (Å²) in [6, 6.07) is 4.94. The van der Waals surface area contributed by atoms with Crippen LogP contribution in [0.2, 0.25) is 5.02 Å². The van der Waals surface area contributed by atoms with E-state index >= 15 is 0 Å². The van der Waals surface area contributed by atoms with Gasteiger partial charge in [-0.2, -0.15) is 5.26 Å². The van der Waals surface area contributed by atoms with E-state index in [9.17, 15) is 4.39 Å². The molecule has 0 saturated carbocycles. The van der Waals surface area contributed by atoms with Gasteiger partial charge in [0.15, 0.2) is 0 Å². The van der Waals surface area contributed by atoms with Crippen molar-refractivity contribution in [3.63, 3.8) is 0 Å². The molecule has 3 heteroatoms. The SMILES string of the molecule is Cc1c(F)ccc(C=CCC#N)c1Cl. The minimum atomic E-state index is -0.313. The first-order valence-electron chi connectivity index (χ1n) is 4.15. The van der Waals surface area contributed by atoms with Gasteiger partial charge in [-0.15, -0.1) is 0 Å². The van der Waals surface area contributed by atoms with Crippen molar-refractivity contribution in [2.75, 3.05) is 0 Å². The fourth-order valence-corrected chi connectivity index (χ4v) is 1.27. The zero-order chi connectivity index (χ0) is 10.6. The fourth-order valence-electron chi connectivity index (χ4n) is 1.05. The summed E-state index contributed by atoms with van der Waals surface area (Å²) in [5.41, 5.74) is 1.17. The molecular formula is C11H9ClFN. The van der Waals surface area contributed by atoms with Gasteiger partial charge in [0.05, 0.1) is 17.5 Å². The van der Waals surface area contributed by atoms with Crippen molar-refractivity contribution < 1.29 is 4.39 Å². The molecule has 0 bridgehead atoms. The number of allylic oxidation sites excluding steroid dienone is 1. The Morgan fingerprint density at radius 2 is 2.29 bits per heavy atom. The average molecular weight is 210 g/mol. The van der Waals surface area contributed by atoms with Crippen LogP contribution in [0.25, 0.3) is 6.08 Å². The van der Waals surface area contributed by atoms with Crippen molar-refractivity contribution >= 4 is 17.7 Å². The summed E-state index contributed by atoms with van der Waals surface area (Å²) in [6.45, 7) is 1.62. The van der Waals surface area contributed by atoms with Crippen LogP contribution in [0.3, 0.4) is 0 Å². The summed E-state index contributed by atoms with van der Waals surface area (Å²) in [5, 5.41) is 8.72. The minimum Gasteiger partial charge on any atom is -0.207 e. The molecular weight excluding hydrogens is 201 g/mol. The predicted molar refractivity (Wildman–Crippen MR) is 55.4 cm³/mol. The molecule has 1 aromatic carbocycles. The monoisotopic (exact) mass is 209 g/mol. The summed E-state index contributed by atoms with van der Waals surface area (Å²) in [4.78, 5) is 0. The molecule has 0 saturated heterocycles. The van der Waals surface area contributed by atoms with E-state index in [0.717, 1.165) is 5.56 Å². The Kier molecular flexibility index (Phi) is 3.67. The quantitative estimate of drug-likeness (QED) is 0.729. The van der Waals surface area contributed by atoms with Crippen LogP contribution in [0.5, 0.6) is 0 Å². The lowest BCUT2D eigenvalue weighted by molar-refractivity contribution is 0.618. The maximum absolute atomic E-state index is 13.0. The van der Waals surface area contributed by atoms with Crippen molar-refractivity contribution in [1.29, 1.82) is 5.26 Å². The van der Waals surface area contributed by atoms with Gasteiger partial charge >= 0.3 is 0 Å². The highest BCUT2D eigenvalue weighted by molar-refractivity contribution is 6.32. The second-order valence-corrected chi connectivity index (χ2v) is 3.22. The molecule has 72 valence electrons. The van der Waals surface area contributed by atoms with Crippen LogP contribution in [0, 0.1) is 24.1 Å². The third kappa shape index (κ3) is 2.34. The van der Waals surface area contributed by atoms with Gasteiger partial charge < -0.3 is 0 Å². The topological polar surface area (TPSA) is 23.8 Å². The molecule has 0 aliphatic rings. The minimum absolute atomic E-state index is 0.313. The molecule has 14 heavy (non-hydrogen) atoms. The Morgan fingerprint density at radius 3 is 2.93 bits per heavy atom. The van der Waals surface area contributed by atoms with Crippen molar-refractivity contribution in [3.8, 4) is 6.07 Å². The number of hydrogen-bond acceptors (Lipinski definition) is 1. The van der Waals surface area contributed by atoms with Gasteiger partial charge in [-0.05, 0) is 18.6 Å². The van der Waals surface area contributed by atoms with Crippen molar-refractivity contribution in [3.05, 3.63) is 40.2 Å². The third-order valence-corrected chi connectivity index (χ3v) is 2.36. The van der Waals surface area contributed by atoms with E-state index in [-0.39, 0.29) is 5.82 Å². The predicted octanol–water partition coefficient (Wildman–Crippen LogP) is 3.71. The molecule has 0 unspecified atom stereocenters. The second-order valence-electron chi connectivity index (χ2n) is 2.84. The van der Waals surface area contributed by atoms with Gasteiger partial charge in [-0.25, -0.2) is 4.39 Å². The van der Waals surface area contributed by atoms with Crippen molar-refractivity contribution in [2.45, 2.75) is 13.3 Å². The molecule has 0 radical (unpaired) electrons. The van der Waals surface area contributed by atoms with Gasteiger partial charge in [-0.1, -0.05) is 29.8 Å². The fraction of sp³-hybridized carbons (Fsp3) is 0.182. The summed E-state index contributed by atoms with van der Waals surface area (Å²) in [6.07, 6.45) is 3.74. The molecule has 0 aromatic heterocycles. The molecule has 0 spiro atoms. The van der Waals surface area contributed by atoms with Crippen LogP contribution < -0.4 is 0 Å². The zero-order valence-corrected chi connectivity index (χ0v) is 8.48. The van der Waals surface area contributed by atoms with E-state index in [0.29, 0.717) is 17.0 Å². The smallest absolute Gasteiger partial charge is 0.127 e. The summed E-state index contributed by atoms with van der Waals surface area (Å²) < 4.78 is 13.0. The van der Waals surface area contributed by atoms with E-state index < -0.39 is 0 Å². The van der Waals surface area contributed by atoms with Gasteiger partial charge in [-0.3, -0.25) is 0 Å². The number of nitriles is 1. The number of rotatable bonds is 2. The molecule has 0 amide bonds. The molecule has 0 heterocycles. The number of benzene rings is 1. The maximum atomic E-state index is 13.0. The van der Waals surface area contributed by atoms with E-state index in [2.05, 4.69) is 0 Å². The first kappa shape index (κ1) is 10.7. The van der Waals surface area contributed by atoms with Crippen LogP contribution in [0.4, 0.5) is 4.39 Å². The van der Waals surface area contributed by atoms with Crippen LogP contribution in [-0.4, -0.2) is 0 Å². The Balaban J connectivity index is 3.01. The van der Waals surface area contributed by atoms with Crippen molar-refractivity contribution in [1.82, 2.24) is 0 Å². The maximum Gasteiger partial charge on any atom is 0.127 e. The Labute approximate surface area is 87.4 Å². The van der Waals surface area contributed by atoms with Gasteiger partial charge in [0.1, 0.15) is 5.82 Å². The summed E-state index contributed by atoms with van der Waals surface area (Å²) >= 11 is 5.90. The zero-order valence-electron chi connectivity index (χ0n) is 7.72. The van der Waals surface area contributed by atoms with E-state index in [1.54, 1.807) is 25.1 Å². The molecule has 0 aliphatic carbocycles. The van der Waals surface area contributed by atoms with Gasteiger partial charge in [0, 0.05) is 5.56 Å². The molecule has 1 aromatic rings. The van der Waals surface area contributed by atoms with Gasteiger partial charge in [0.25, 0.3) is 0 Å². The highest BCUT2D eigenvalue weighted by Gasteiger charge is 2.04.